The fourth-order valence-corrected chi connectivity index (χ4v) is 11.5. The van der Waals surface area contributed by atoms with Crippen molar-refractivity contribution < 1.29 is 11.0 Å². The van der Waals surface area contributed by atoms with E-state index in [0.717, 1.165) is 66.6 Å². The number of rotatable bonds is 5. The molecule has 322 valence electrons. The lowest BCUT2D eigenvalue weighted by molar-refractivity contribution is 0.683. The smallest absolute Gasteiger partial charge is 0.252 e. The summed E-state index contributed by atoms with van der Waals surface area (Å²) in [5.41, 5.74) is 12.2. The maximum absolute atomic E-state index is 10.1. The van der Waals surface area contributed by atoms with Crippen molar-refractivity contribution in [3.63, 3.8) is 0 Å². The van der Waals surface area contributed by atoms with E-state index in [2.05, 4.69) is 105 Å². The average Bonchev–Trinajstić information content (AvgIpc) is 3.96. The number of aromatic nitrogens is 1. The van der Waals surface area contributed by atoms with Gasteiger partial charge in [-0.3, -0.25) is 0 Å². The summed E-state index contributed by atoms with van der Waals surface area (Å²) < 4.78 is 80.5. The summed E-state index contributed by atoms with van der Waals surface area (Å²) in [5, 5.41) is 2.24. The molecule has 4 heteroatoms. The van der Waals surface area contributed by atoms with Crippen molar-refractivity contribution in [2.45, 2.75) is 38.5 Å². The fraction of sp³-hybridized carbons (Fsp3) is 0.0938. The molecule has 0 spiro atoms. The van der Waals surface area contributed by atoms with E-state index in [9.17, 15) is 11.0 Å². The maximum Gasteiger partial charge on any atom is 0.252 e. The second kappa shape index (κ2) is 14.2. The van der Waals surface area contributed by atoms with Crippen LogP contribution in [-0.4, -0.2) is 11.3 Å². The molecule has 0 atom stereocenters. The van der Waals surface area contributed by atoms with Gasteiger partial charge < -0.3 is 14.4 Å². The van der Waals surface area contributed by atoms with Gasteiger partial charge in [-0.05, 0) is 81.1 Å². The lowest BCUT2D eigenvalue weighted by atomic mass is 9.33. The molecular formula is C64H48BN3. The van der Waals surface area contributed by atoms with Crippen LogP contribution < -0.4 is 26.2 Å². The Balaban J connectivity index is 1.15. The number of benzene rings is 9. The quantitative estimate of drug-likeness (QED) is 0.160. The van der Waals surface area contributed by atoms with Crippen LogP contribution in [-0.2, 0) is 10.8 Å². The van der Waals surface area contributed by atoms with Gasteiger partial charge in [0.05, 0.1) is 33.4 Å². The minimum Gasteiger partial charge on any atom is -0.310 e. The molecule has 4 aliphatic rings. The van der Waals surface area contributed by atoms with Crippen LogP contribution in [0.2, 0.25) is 0 Å². The van der Waals surface area contributed by atoms with Crippen LogP contribution in [0.4, 0.5) is 34.1 Å². The van der Waals surface area contributed by atoms with E-state index in [1.54, 1.807) is 0 Å². The minimum absolute atomic E-state index is 0.000350. The van der Waals surface area contributed by atoms with E-state index in [1.807, 2.05) is 107 Å². The van der Waals surface area contributed by atoms with E-state index < -0.39 is 17.5 Å². The van der Waals surface area contributed by atoms with E-state index in [-0.39, 0.29) is 48.4 Å². The average molecular weight is 878 g/mol. The van der Waals surface area contributed by atoms with Gasteiger partial charge in [0.15, 0.2) is 0 Å². The molecule has 2 aliphatic heterocycles. The van der Waals surface area contributed by atoms with Crippen LogP contribution in [0, 0.1) is 0 Å². The molecule has 68 heavy (non-hydrogen) atoms. The highest BCUT2D eigenvalue weighted by molar-refractivity contribution is 7.00. The number of para-hydroxylation sites is 3. The lowest BCUT2D eigenvalue weighted by Crippen LogP contribution is -2.61. The standard InChI is InChI=1S/C64H48BN3/c1-63(2)38-36-48-50(63)33-31-44(41-18-7-5-8-19-41)61(48)67-56-27-16-13-24-52(56)65-53-35-30-43(66-54-25-14-11-22-46(54)47-23-12-15-26-55(47)66)40-59(53)68(58-29-17-28-57(67)60(58)65)62-45(42-20-9-6-10-21-42)32-34-51-49(62)37-39-64(51,3)4/h5-40H,1-4H3/i31D,32D,33D,34D,36D,37D,38D,39D. The van der Waals surface area contributed by atoms with Gasteiger partial charge in [0.25, 0.3) is 6.71 Å². The van der Waals surface area contributed by atoms with Crippen molar-refractivity contribution in [3.05, 3.63) is 228 Å². The number of hydrogen-bond donors (Lipinski definition) is 0. The van der Waals surface area contributed by atoms with Gasteiger partial charge in [-0.2, -0.15) is 0 Å². The first-order valence-corrected chi connectivity index (χ1v) is 23.4. The molecule has 14 rings (SSSR count). The molecule has 0 N–H and O–H groups in total. The maximum atomic E-state index is 10.1. The SMILES string of the molecule is [2H]C1=C([2H])C(C)(C)c2c([2H])c([2H])c(-c3ccccc3)c(N3c4ccccc4B4c5ccc(-n6c7ccccc7c7ccccc76)cc5N(c5c6c(c([2H])c([2H])c5-c5ccccc5)C(C)(C)C([2H])=C6[2H])c5cccc3c54)c21. The molecule has 0 bridgehead atoms. The molecule has 0 unspecified atom stereocenters. The second-order valence-electron chi connectivity index (χ2n) is 19.4. The third-order valence-electron chi connectivity index (χ3n) is 14.6. The molecule has 2 aliphatic carbocycles. The van der Waals surface area contributed by atoms with Gasteiger partial charge in [-0.1, -0.05) is 203 Å². The molecule has 0 radical (unpaired) electrons. The third-order valence-corrected chi connectivity index (χ3v) is 14.6. The topological polar surface area (TPSA) is 11.4 Å². The molecule has 0 fully saturated rings. The summed E-state index contributed by atoms with van der Waals surface area (Å²) in [6, 6.07) is 57.5. The summed E-state index contributed by atoms with van der Waals surface area (Å²) in [5.74, 6) is 0. The molecule has 0 amide bonds. The van der Waals surface area contributed by atoms with Crippen molar-refractivity contribution in [2.75, 3.05) is 9.80 Å². The van der Waals surface area contributed by atoms with Crippen molar-refractivity contribution >= 4 is 91.1 Å². The number of allylic oxidation sites excluding steroid dienone is 2. The Bertz CT molecular complexity index is 4240. The van der Waals surface area contributed by atoms with Gasteiger partial charge in [-0.15, -0.1) is 0 Å². The highest BCUT2D eigenvalue weighted by Gasteiger charge is 2.46. The van der Waals surface area contributed by atoms with Gasteiger partial charge in [0, 0.05) is 72.3 Å². The summed E-state index contributed by atoms with van der Waals surface area (Å²) >= 11 is 0. The van der Waals surface area contributed by atoms with E-state index in [1.165, 1.54) is 0 Å². The first-order valence-electron chi connectivity index (χ1n) is 27.4. The van der Waals surface area contributed by atoms with E-state index >= 15 is 0 Å². The molecule has 0 saturated carbocycles. The van der Waals surface area contributed by atoms with Crippen molar-refractivity contribution in [1.29, 1.82) is 0 Å². The predicted octanol–water partition coefficient (Wildman–Crippen LogP) is 14.8. The highest BCUT2D eigenvalue weighted by atomic mass is 15.2. The zero-order valence-electron chi connectivity index (χ0n) is 46.1. The summed E-state index contributed by atoms with van der Waals surface area (Å²) in [6.07, 6.45) is 0. The first kappa shape index (κ1) is 31.8. The Hall–Kier alpha value is -8.08. The molecule has 10 aromatic rings. The van der Waals surface area contributed by atoms with Crippen LogP contribution >= 0.6 is 0 Å². The van der Waals surface area contributed by atoms with Crippen molar-refractivity contribution in [1.82, 2.24) is 4.57 Å². The molecule has 9 aromatic carbocycles. The van der Waals surface area contributed by atoms with Gasteiger partial charge in [-0.25, -0.2) is 0 Å². The highest BCUT2D eigenvalue weighted by Crippen LogP contribution is 2.54. The zero-order chi connectivity index (χ0) is 52.4. The molecule has 1 aromatic heterocycles. The number of fused-ring (bicyclic) bond motifs is 9. The Morgan fingerprint density at radius 3 is 1.49 bits per heavy atom. The molecule has 3 nitrogen and oxygen atoms in total. The van der Waals surface area contributed by atoms with Crippen LogP contribution in [0.15, 0.2) is 206 Å². The largest absolute Gasteiger partial charge is 0.310 e. The van der Waals surface area contributed by atoms with E-state index in [0.29, 0.717) is 55.9 Å². The molecule has 0 saturated heterocycles. The number of anilines is 6. The minimum atomic E-state index is -1.06. The predicted molar refractivity (Wildman–Crippen MR) is 290 cm³/mol. The van der Waals surface area contributed by atoms with Crippen LogP contribution in [0.1, 0.15) is 60.9 Å². The van der Waals surface area contributed by atoms with Crippen LogP contribution in [0.3, 0.4) is 0 Å². The summed E-state index contributed by atoms with van der Waals surface area (Å²) in [4.78, 5) is 4.36. The Morgan fingerprint density at radius 1 is 0.441 bits per heavy atom. The number of nitrogens with zero attached hydrogens (tertiary/aromatic N) is 3. The van der Waals surface area contributed by atoms with E-state index in [4.69, 9.17) is 0 Å². The number of hydrogen-bond acceptors (Lipinski definition) is 2. The lowest BCUT2D eigenvalue weighted by Gasteiger charge is -2.45. The monoisotopic (exact) mass is 877 g/mol. The Kier molecular flexibility index (Phi) is 6.64. The zero-order valence-corrected chi connectivity index (χ0v) is 38.1. The fourth-order valence-electron chi connectivity index (χ4n) is 11.5. The van der Waals surface area contributed by atoms with Crippen LogP contribution in [0.25, 0.3) is 61.9 Å². The summed E-state index contributed by atoms with van der Waals surface area (Å²) in [6.45, 7) is 7.11. The van der Waals surface area contributed by atoms with Gasteiger partial charge in [0.2, 0.25) is 0 Å². The van der Waals surface area contributed by atoms with Gasteiger partial charge >= 0.3 is 0 Å². The first-order chi connectivity index (χ1) is 36.6. The van der Waals surface area contributed by atoms with Gasteiger partial charge in [0.1, 0.15) is 0 Å². The summed E-state index contributed by atoms with van der Waals surface area (Å²) in [7, 11) is 0. The Labute approximate surface area is 409 Å². The second-order valence-corrected chi connectivity index (χ2v) is 19.4. The van der Waals surface area contributed by atoms with Crippen molar-refractivity contribution in [2.24, 2.45) is 0 Å². The third kappa shape index (κ3) is 5.43. The normalized spacial score (nSPS) is 17.6. The van der Waals surface area contributed by atoms with Crippen molar-refractivity contribution in [3.8, 4) is 27.9 Å². The van der Waals surface area contributed by atoms with Crippen LogP contribution in [0.5, 0.6) is 0 Å². The Morgan fingerprint density at radius 2 is 0.912 bits per heavy atom. The molecular weight excluding hydrogens is 822 g/mol. The molecule has 3 heterocycles.